The highest BCUT2D eigenvalue weighted by Gasteiger charge is 2.23. The van der Waals surface area contributed by atoms with Gasteiger partial charge in [0.2, 0.25) is 0 Å². The van der Waals surface area contributed by atoms with Crippen LogP contribution in [-0.2, 0) is 23.0 Å². The molecule has 2 aromatic carbocycles. The smallest absolute Gasteiger partial charge is 0.309 e. The summed E-state index contributed by atoms with van der Waals surface area (Å²) in [6, 6.07) is 14.4. The lowest BCUT2D eigenvalue weighted by Gasteiger charge is -2.22. The summed E-state index contributed by atoms with van der Waals surface area (Å²) in [5.74, 6) is -0.250. The van der Waals surface area contributed by atoms with E-state index >= 15 is 0 Å². The first-order valence-electron chi connectivity index (χ1n) is 10.7. The van der Waals surface area contributed by atoms with E-state index in [1.165, 1.54) is 12.7 Å². The molecule has 7 nitrogen and oxygen atoms in total. The van der Waals surface area contributed by atoms with Gasteiger partial charge in [-0.3, -0.25) is 9.48 Å². The summed E-state index contributed by atoms with van der Waals surface area (Å²) in [4.78, 5) is 11.7. The number of aromatic nitrogens is 2. The molecule has 1 atom stereocenters. The monoisotopic (exact) mass is 431 g/mol. The summed E-state index contributed by atoms with van der Waals surface area (Å²) in [6.45, 7) is 2.71. The molecule has 0 saturated carbocycles. The Hall–Kier alpha value is -3.74. The number of hydrogen-bond acceptors (Lipinski definition) is 6. The van der Waals surface area contributed by atoms with Crippen LogP contribution < -0.4 is 16.4 Å². The van der Waals surface area contributed by atoms with E-state index in [0.29, 0.717) is 0 Å². The van der Waals surface area contributed by atoms with E-state index in [1.807, 2.05) is 50.6 Å². The fraction of sp³-hybridized carbons (Fsp3) is 0.280. The number of anilines is 1. The lowest BCUT2D eigenvalue weighted by atomic mass is 9.93. The van der Waals surface area contributed by atoms with Crippen LogP contribution >= 0.6 is 0 Å². The first kappa shape index (κ1) is 21.5. The molecule has 2 heterocycles. The number of fused-ring (bicyclic) bond motifs is 1. The van der Waals surface area contributed by atoms with Gasteiger partial charge in [-0.05, 0) is 48.2 Å². The van der Waals surface area contributed by atoms with Crippen molar-refractivity contribution in [3.8, 4) is 11.1 Å². The third kappa shape index (κ3) is 4.61. The first-order chi connectivity index (χ1) is 15.4. The fourth-order valence-corrected chi connectivity index (χ4v) is 4.13. The number of methoxy groups -OCH3 is 1. The number of nitrogens with one attached hydrogen (secondary N) is 2. The molecule has 4 rings (SSSR count). The lowest BCUT2D eigenvalue weighted by Crippen LogP contribution is -2.17. The molecular weight excluding hydrogens is 402 g/mol. The highest BCUT2D eigenvalue weighted by Crippen LogP contribution is 2.35. The molecule has 0 aliphatic carbocycles. The van der Waals surface area contributed by atoms with Crippen molar-refractivity contribution in [3.05, 3.63) is 77.2 Å². The van der Waals surface area contributed by atoms with Crippen molar-refractivity contribution in [1.82, 2.24) is 15.1 Å². The molecule has 1 aliphatic rings. The van der Waals surface area contributed by atoms with Gasteiger partial charge in [-0.15, -0.1) is 0 Å². The molecule has 0 bridgehead atoms. The largest absolute Gasteiger partial charge is 0.469 e. The standard InChI is InChI=1S/C25H29N5O2/c1-16(26)25-21-8-7-18(19-14-28-30(2)15-19)13-22(21)23(9-10-27-25)29-20-6-4-5-17(11-20)12-24(31)32-3/h4-8,11,13-15,23,27,29H,9-10,12,26H2,1-3H3/b25-16-. The molecule has 0 radical (unpaired) electrons. The summed E-state index contributed by atoms with van der Waals surface area (Å²) in [7, 11) is 3.32. The minimum absolute atomic E-state index is 0.0688. The summed E-state index contributed by atoms with van der Waals surface area (Å²) < 4.78 is 6.61. The molecule has 7 heteroatoms. The van der Waals surface area contributed by atoms with Gasteiger partial charge < -0.3 is 21.1 Å². The van der Waals surface area contributed by atoms with Crippen molar-refractivity contribution < 1.29 is 9.53 Å². The predicted octanol–water partition coefficient (Wildman–Crippen LogP) is 3.60. The number of rotatable bonds is 5. The molecule has 0 spiro atoms. The van der Waals surface area contributed by atoms with Gasteiger partial charge in [0, 0.05) is 42.3 Å². The highest BCUT2D eigenvalue weighted by molar-refractivity contribution is 5.75. The van der Waals surface area contributed by atoms with Gasteiger partial charge in [0.25, 0.3) is 0 Å². The van der Waals surface area contributed by atoms with E-state index in [4.69, 9.17) is 10.5 Å². The number of esters is 1. The molecule has 3 aromatic rings. The average Bonchev–Trinajstić information content (AvgIpc) is 3.13. The SMILES string of the molecule is COC(=O)Cc1cccc(NC2CCN/C(=C(/C)N)c3ccc(-c4cnn(C)c4)cc32)c1. The van der Waals surface area contributed by atoms with Gasteiger partial charge in [0.1, 0.15) is 0 Å². The molecule has 166 valence electrons. The van der Waals surface area contributed by atoms with Gasteiger partial charge in [-0.1, -0.05) is 24.3 Å². The van der Waals surface area contributed by atoms with Crippen LogP contribution in [0.4, 0.5) is 5.69 Å². The van der Waals surface area contributed by atoms with E-state index in [9.17, 15) is 4.79 Å². The number of carbonyl (C=O) groups is 1. The van der Waals surface area contributed by atoms with Gasteiger partial charge in [0.15, 0.2) is 0 Å². The maximum atomic E-state index is 11.7. The van der Waals surface area contributed by atoms with Crippen LogP contribution in [0, 0.1) is 0 Å². The van der Waals surface area contributed by atoms with Crippen molar-refractivity contribution in [2.45, 2.75) is 25.8 Å². The molecular formula is C25H29N5O2. The Labute approximate surface area is 188 Å². The van der Waals surface area contributed by atoms with Crippen LogP contribution in [-0.4, -0.2) is 29.4 Å². The Balaban J connectivity index is 1.72. The molecule has 4 N–H and O–H groups in total. The van der Waals surface area contributed by atoms with E-state index < -0.39 is 0 Å². The van der Waals surface area contributed by atoms with Gasteiger partial charge >= 0.3 is 5.97 Å². The third-order valence-corrected chi connectivity index (χ3v) is 5.71. The van der Waals surface area contributed by atoms with Crippen LogP contribution in [0.2, 0.25) is 0 Å². The van der Waals surface area contributed by atoms with Crippen molar-refractivity contribution in [2.24, 2.45) is 12.8 Å². The summed E-state index contributed by atoms with van der Waals surface area (Å²) in [5.41, 5.74) is 14.3. The minimum Gasteiger partial charge on any atom is -0.469 e. The number of aryl methyl sites for hydroxylation is 1. The second-order valence-electron chi connectivity index (χ2n) is 8.13. The maximum Gasteiger partial charge on any atom is 0.309 e. The van der Waals surface area contributed by atoms with Crippen molar-refractivity contribution in [1.29, 1.82) is 0 Å². The number of hydrogen-bond donors (Lipinski definition) is 3. The van der Waals surface area contributed by atoms with E-state index in [-0.39, 0.29) is 18.4 Å². The molecule has 1 unspecified atom stereocenters. The van der Waals surface area contributed by atoms with E-state index in [2.05, 4.69) is 33.9 Å². The predicted molar refractivity (Wildman–Crippen MR) is 127 cm³/mol. The van der Waals surface area contributed by atoms with Crippen LogP contribution in [0.25, 0.3) is 16.8 Å². The number of carbonyl (C=O) groups excluding carboxylic acids is 1. The first-order valence-corrected chi connectivity index (χ1v) is 10.7. The molecule has 1 aromatic heterocycles. The second kappa shape index (κ2) is 9.18. The van der Waals surface area contributed by atoms with Crippen LogP contribution in [0.15, 0.2) is 60.6 Å². The normalized spacial score (nSPS) is 17.0. The van der Waals surface area contributed by atoms with Crippen LogP contribution in [0.5, 0.6) is 0 Å². The van der Waals surface area contributed by atoms with E-state index in [1.54, 1.807) is 4.68 Å². The highest BCUT2D eigenvalue weighted by atomic mass is 16.5. The number of ether oxygens (including phenoxy) is 1. The maximum absolute atomic E-state index is 11.7. The average molecular weight is 432 g/mol. The summed E-state index contributed by atoms with van der Waals surface area (Å²) in [6.07, 6.45) is 5.02. The van der Waals surface area contributed by atoms with Crippen LogP contribution in [0.1, 0.15) is 36.1 Å². The van der Waals surface area contributed by atoms with Crippen LogP contribution in [0.3, 0.4) is 0 Å². The van der Waals surface area contributed by atoms with Gasteiger partial charge in [0.05, 0.1) is 31.5 Å². The topological polar surface area (TPSA) is 94.2 Å². The van der Waals surface area contributed by atoms with Gasteiger partial charge in [-0.2, -0.15) is 5.10 Å². The lowest BCUT2D eigenvalue weighted by molar-refractivity contribution is -0.139. The molecule has 0 amide bonds. The molecule has 32 heavy (non-hydrogen) atoms. The van der Waals surface area contributed by atoms with Gasteiger partial charge in [-0.25, -0.2) is 0 Å². The Kier molecular flexibility index (Phi) is 6.16. The Morgan fingerprint density at radius 1 is 1.28 bits per heavy atom. The zero-order valence-electron chi connectivity index (χ0n) is 18.7. The van der Waals surface area contributed by atoms with Crippen molar-refractivity contribution in [2.75, 3.05) is 19.0 Å². The number of nitrogens with zero attached hydrogens (tertiary/aromatic N) is 2. The van der Waals surface area contributed by atoms with E-state index in [0.717, 1.165) is 52.3 Å². The zero-order valence-corrected chi connectivity index (χ0v) is 18.7. The zero-order chi connectivity index (χ0) is 22.7. The Morgan fingerprint density at radius 2 is 2.12 bits per heavy atom. The fourth-order valence-electron chi connectivity index (χ4n) is 4.13. The third-order valence-electron chi connectivity index (χ3n) is 5.71. The van der Waals surface area contributed by atoms with Crippen molar-refractivity contribution in [3.63, 3.8) is 0 Å². The molecule has 0 saturated heterocycles. The number of nitrogens with two attached hydrogens (primary N) is 1. The quantitative estimate of drug-likeness (QED) is 0.535. The molecule has 0 fully saturated rings. The Morgan fingerprint density at radius 3 is 2.84 bits per heavy atom. The Bertz CT molecular complexity index is 1160. The summed E-state index contributed by atoms with van der Waals surface area (Å²) >= 11 is 0. The second-order valence-corrected chi connectivity index (χ2v) is 8.13. The number of allylic oxidation sites excluding steroid dienone is 1. The number of benzene rings is 2. The van der Waals surface area contributed by atoms with Crippen molar-refractivity contribution >= 4 is 17.4 Å². The summed E-state index contributed by atoms with van der Waals surface area (Å²) in [5, 5.41) is 11.5. The molecule has 1 aliphatic heterocycles. The minimum atomic E-state index is -0.250.